The normalized spacial score (nSPS) is 16.5. The van der Waals surface area contributed by atoms with E-state index in [0.29, 0.717) is 67.8 Å². The van der Waals surface area contributed by atoms with Crippen LogP contribution in [-0.2, 0) is 29.0 Å². The summed E-state index contributed by atoms with van der Waals surface area (Å²) in [7, 11) is 0. The van der Waals surface area contributed by atoms with Crippen molar-refractivity contribution >= 4 is 35.4 Å². The highest BCUT2D eigenvalue weighted by molar-refractivity contribution is 6.31. The lowest BCUT2D eigenvalue weighted by atomic mass is 9.97. The number of aromatic nitrogens is 2. The summed E-state index contributed by atoms with van der Waals surface area (Å²) in [5.41, 5.74) is 1.71. The Morgan fingerprint density at radius 2 is 1.94 bits per heavy atom. The zero-order valence-electron chi connectivity index (χ0n) is 20.7. The molecule has 9 nitrogen and oxygen atoms in total. The van der Waals surface area contributed by atoms with Gasteiger partial charge in [0.2, 0.25) is 5.95 Å². The summed E-state index contributed by atoms with van der Waals surface area (Å²) >= 11 is 6.22. The number of carboxylic acids is 1. The van der Waals surface area contributed by atoms with E-state index in [2.05, 4.69) is 5.32 Å². The van der Waals surface area contributed by atoms with Crippen molar-refractivity contribution in [2.24, 2.45) is 5.92 Å². The first-order valence-electron chi connectivity index (χ1n) is 12.0. The van der Waals surface area contributed by atoms with Gasteiger partial charge in [-0.3, -0.25) is 4.79 Å². The number of amides is 1. The average Bonchev–Trinajstić information content (AvgIpc) is 2.82. The number of hydrogen-bond donors (Lipinski definition) is 2. The largest absolute Gasteiger partial charge is 0.481 e. The summed E-state index contributed by atoms with van der Waals surface area (Å²) in [4.78, 5) is 37.3. The highest BCUT2D eigenvalue weighted by Crippen LogP contribution is 2.30. The first-order chi connectivity index (χ1) is 17.0. The van der Waals surface area contributed by atoms with Crippen molar-refractivity contribution in [2.75, 3.05) is 29.9 Å². The maximum atomic E-state index is 13.5. The van der Waals surface area contributed by atoms with Gasteiger partial charge in [-0.05, 0) is 51.3 Å². The van der Waals surface area contributed by atoms with Crippen LogP contribution in [0.2, 0.25) is 5.02 Å². The van der Waals surface area contributed by atoms with Gasteiger partial charge in [0.05, 0.1) is 18.2 Å². The summed E-state index contributed by atoms with van der Waals surface area (Å²) in [5, 5.41) is 12.9. The molecule has 0 atom stereocenters. The predicted octanol–water partition coefficient (Wildman–Crippen LogP) is 4.48. The van der Waals surface area contributed by atoms with Crippen LogP contribution >= 0.6 is 11.6 Å². The molecule has 2 aliphatic heterocycles. The molecule has 3 heterocycles. The second-order valence-electron chi connectivity index (χ2n) is 10.1. The van der Waals surface area contributed by atoms with Crippen LogP contribution in [0.25, 0.3) is 0 Å². The number of halogens is 2. The summed E-state index contributed by atoms with van der Waals surface area (Å²) < 4.78 is 19.0. The van der Waals surface area contributed by atoms with Crippen LogP contribution in [0.15, 0.2) is 18.2 Å². The second kappa shape index (κ2) is 10.5. The number of benzene rings is 1. The van der Waals surface area contributed by atoms with Gasteiger partial charge < -0.3 is 25.0 Å². The topological polar surface area (TPSA) is 108 Å². The van der Waals surface area contributed by atoms with Crippen molar-refractivity contribution in [1.82, 2.24) is 14.9 Å². The summed E-state index contributed by atoms with van der Waals surface area (Å²) in [5.74, 6) is -0.468. The minimum atomic E-state index is -0.776. The van der Waals surface area contributed by atoms with Gasteiger partial charge >= 0.3 is 12.1 Å². The molecule has 2 aliphatic rings. The molecule has 1 saturated heterocycles. The highest BCUT2D eigenvalue weighted by Gasteiger charge is 2.31. The lowest BCUT2D eigenvalue weighted by molar-refractivity contribution is -0.142. The molecule has 1 amide bonds. The molecule has 1 aromatic heterocycles. The number of nitrogens with zero attached hydrogens (tertiary/aromatic N) is 4. The Labute approximate surface area is 214 Å². The van der Waals surface area contributed by atoms with E-state index < -0.39 is 23.5 Å². The third-order valence-electron chi connectivity index (χ3n) is 6.29. The van der Waals surface area contributed by atoms with Crippen molar-refractivity contribution in [3.8, 4) is 0 Å². The fourth-order valence-corrected chi connectivity index (χ4v) is 4.58. The van der Waals surface area contributed by atoms with Crippen molar-refractivity contribution in [3.05, 3.63) is 45.9 Å². The Morgan fingerprint density at radius 1 is 1.22 bits per heavy atom. The molecule has 0 aliphatic carbocycles. The first-order valence-corrected chi connectivity index (χ1v) is 12.4. The Hall–Kier alpha value is -3.14. The molecule has 11 heteroatoms. The standard InChI is InChI=1S/C25H31ClFN5O4/c1-25(2,3)36-24(35)32-11-8-20-18(14-32)21(28-13-16-4-5-17(27)12-19(16)26)30-23(29-20)31-9-6-15(7-10-31)22(33)34/h4-5,12,15H,6-11,13-14H2,1-3H3,(H,33,34)(H,28,29,30). The van der Waals surface area contributed by atoms with E-state index in [-0.39, 0.29) is 12.5 Å². The highest BCUT2D eigenvalue weighted by atomic mass is 35.5. The molecular weight excluding hydrogens is 489 g/mol. The molecule has 0 bridgehead atoms. The Balaban J connectivity index is 1.60. The molecule has 0 unspecified atom stereocenters. The lowest BCUT2D eigenvalue weighted by Gasteiger charge is -2.34. The Morgan fingerprint density at radius 3 is 2.58 bits per heavy atom. The lowest BCUT2D eigenvalue weighted by Crippen LogP contribution is -2.41. The van der Waals surface area contributed by atoms with Gasteiger partial charge in [-0.15, -0.1) is 0 Å². The van der Waals surface area contributed by atoms with Crippen molar-refractivity contribution in [1.29, 1.82) is 0 Å². The van der Waals surface area contributed by atoms with Gasteiger partial charge in [0.25, 0.3) is 0 Å². The third-order valence-corrected chi connectivity index (χ3v) is 6.64. The third kappa shape index (κ3) is 6.16. The van der Waals surface area contributed by atoms with Gasteiger partial charge in [0.1, 0.15) is 17.2 Å². The van der Waals surface area contributed by atoms with E-state index >= 15 is 0 Å². The molecule has 0 spiro atoms. The van der Waals surface area contributed by atoms with E-state index in [9.17, 15) is 19.1 Å². The molecule has 4 rings (SSSR count). The van der Waals surface area contributed by atoms with E-state index in [1.807, 2.05) is 25.7 Å². The minimum Gasteiger partial charge on any atom is -0.481 e. The van der Waals surface area contributed by atoms with Crippen molar-refractivity contribution < 1.29 is 23.8 Å². The van der Waals surface area contributed by atoms with Crippen LogP contribution in [0.4, 0.5) is 21.0 Å². The monoisotopic (exact) mass is 519 g/mol. The van der Waals surface area contributed by atoms with E-state index in [1.54, 1.807) is 11.0 Å². The molecule has 2 aromatic rings. The van der Waals surface area contributed by atoms with Crippen LogP contribution in [0.1, 0.15) is 50.4 Å². The minimum absolute atomic E-state index is 0.283. The average molecular weight is 520 g/mol. The number of carbonyl (C=O) groups is 2. The molecule has 194 valence electrons. The Kier molecular flexibility index (Phi) is 7.54. The molecule has 2 N–H and O–H groups in total. The smallest absolute Gasteiger partial charge is 0.410 e. The zero-order valence-corrected chi connectivity index (χ0v) is 21.4. The number of nitrogens with one attached hydrogen (secondary N) is 1. The van der Waals surface area contributed by atoms with Crippen molar-refractivity contribution in [2.45, 2.75) is 58.7 Å². The molecule has 0 radical (unpaired) electrons. The number of piperidine rings is 1. The van der Waals surface area contributed by atoms with Crippen LogP contribution in [0.3, 0.4) is 0 Å². The summed E-state index contributed by atoms with van der Waals surface area (Å²) in [6, 6.07) is 4.22. The van der Waals surface area contributed by atoms with Crippen LogP contribution in [0, 0.1) is 11.7 Å². The van der Waals surface area contributed by atoms with E-state index in [1.165, 1.54) is 12.1 Å². The quantitative estimate of drug-likeness (QED) is 0.595. The molecule has 1 fully saturated rings. The van der Waals surface area contributed by atoms with Gasteiger partial charge in [0, 0.05) is 43.2 Å². The number of aliphatic carboxylic acids is 1. The van der Waals surface area contributed by atoms with Crippen LogP contribution < -0.4 is 10.2 Å². The maximum absolute atomic E-state index is 13.5. The molecule has 1 aromatic carbocycles. The predicted molar refractivity (Wildman–Crippen MR) is 134 cm³/mol. The first kappa shape index (κ1) is 25.9. The summed E-state index contributed by atoms with van der Waals surface area (Å²) in [6.07, 6.45) is 1.18. The molecular formula is C25H31ClFN5O4. The number of ether oxygens (including phenoxy) is 1. The van der Waals surface area contributed by atoms with Crippen LogP contribution in [-0.4, -0.2) is 57.3 Å². The van der Waals surface area contributed by atoms with Gasteiger partial charge in [-0.1, -0.05) is 17.7 Å². The second-order valence-corrected chi connectivity index (χ2v) is 10.5. The fourth-order valence-electron chi connectivity index (χ4n) is 4.34. The molecule has 0 saturated carbocycles. The van der Waals surface area contributed by atoms with Gasteiger partial charge in [-0.25, -0.2) is 14.2 Å². The van der Waals surface area contributed by atoms with Crippen molar-refractivity contribution in [3.63, 3.8) is 0 Å². The van der Waals surface area contributed by atoms with Crippen LogP contribution in [0.5, 0.6) is 0 Å². The number of fused-ring (bicyclic) bond motifs is 1. The Bertz CT molecular complexity index is 1150. The maximum Gasteiger partial charge on any atom is 0.410 e. The van der Waals surface area contributed by atoms with Gasteiger partial charge in [-0.2, -0.15) is 4.98 Å². The number of rotatable bonds is 5. The summed E-state index contributed by atoms with van der Waals surface area (Å²) in [6.45, 7) is 7.61. The number of hydrogen-bond acceptors (Lipinski definition) is 7. The molecule has 36 heavy (non-hydrogen) atoms. The van der Waals surface area contributed by atoms with Gasteiger partial charge in [0.15, 0.2) is 0 Å². The van der Waals surface area contributed by atoms with E-state index in [0.717, 1.165) is 11.3 Å². The zero-order chi connectivity index (χ0) is 26.0. The fraction of sp³-hybridized carbons (Fsp3) is 0.520. The SMILES string of the molecule is CC(C)(C)OC(=O)N1CCc2nc(N3CCC(C(=O)O)CC3)nc(NCc3ccc(F)cc3Cl)c2C1. The number of anilines is 2. The number of carboxylic acid groups (broad SMARTS) is 1. The number of carbonyl (C=O) groups excluding carboxylic acids is 1. The van der Waals surface area contributed by atoms with E-state index in [4.69, 9.17) is 26.3 Å².